The van der Waals surface area contributed by atoms with Gasteiger partial charge in [-0.05, 0) is 36.4 Å². The van der Waals surface area contributed by atoms with Crippen LogP contribution in [0.4, 0.5) is 0 Å². The van der Waals surface area contributed by atoms with E-state index in [2.05, 4.69) is 20.4 Å². The maximum Gasteiger partial charge on any atom is 2.00 e. The molecule has 0 fully saturated rings. The normalized spacial score (nSPS) is 11.1. The van der Waals surface area contributed by atoms with Crippen molar-refractivity contribution in [3.05, 3.63) is 108 Å². The minimum Gasteiger partial charge on any atom is -0.857 e. The van der Waals surface area contributed by atoms with Crippen LogP contribution >= 0.6 is 0 Å². The van der Waals surface area contributed by atoms with E-state index in [-0.39, 0.29) is 50.6 Å². The summed E-state index contributed by atoms with van der Waals surface area (Å²) in [7, 11) is 0. The van der Waals surface area contributed by atoms with Crippen LogP contribution in [0.5, 0.6) is 11.5 Å². The Morgan fingerprint density at radius 2 is 1.00 bits per heavy atom. The van der Waals surface area contributed by atoms with Gasteiger partial charge in [0.1, 0.15) is 23.0 Å². The second kappa shape index (κ2) is 16.9. The number of nitrogens with zero attached hydrogens (tertiary/aromatic N) is 4. The van der Waals surface area contributed by atoms with Crippen LogP contribution in [0.25, 0.3) is 0 Å². The van der Waals surface area contributed by atoms with Crippen molar-refractivity contribution in [2.75, 3.05) is 0 Å². The molecule has 0 aliphatic carbocycles. The molecule has 197 valence electrons. The molecule has 4 aromatic rings. The summed E-state index contributed by atoms with van der Waals surface area (Å²) in [4.78, 5) is 0. The van der Waals surface area contributed by atoms with Gasteiger partial charge in [0.05, 0.1) is 25.0 Å². The van der Waals surface area contributed by atoms with Crippen molar-refractivity contribution >= 4 is 24.2 Å². The Morgan fingerprint density at radius 1 is 0.622 bits per heavy atom. The SMILES string of the molecule is [Cu+2].[O-]/C(=N\N=C/c1ccco1)c1ccccc1O.[O-]/C(=N\N=C/c1ccco1)c1ccccc1O.[OH3+].[OH3+]. The van der Waals surface area contributed by atoms with Crippen LogP contribution in [0.2, 0.25) is 0 Å². The largest absolute Gasteiger partial charge is 2.00 e. The molecule has 12 nitrogen and oxygen atoms in total. The van der Waals surface area contributed by atoms with E-state index in [0.717, 1.165) is 0 Å². The van der Waals surface area contributed by atoms with E-state index in [4.69, 9.17) is 8.83 Å². The molecule has 8 N–H and O–H groups in total. The number of rotatable bonds is 6. The number of phenolic OH excluding ortho intramolecular Hbond substituents is 2. The molecule has 0 atom stereocenters. The van der Waals surface area contributed by atoms with Crippen LogP contribution in [-0.2, 0) is 28.0 Å². The van der Waals surface area contributed by atoms with Gasteiger partial charge in [0, 0.05) is 22.9 Å². The van der Waals surface area contributed by atoms with Crippen LogP contribution in [0.15, 0.2) is 115 Å². The van der Waals surface area contributed by atoms with Crippen LogP contribution in [0, 0.1) is 0 Å². The third-order valence-electron chi connectivity index (χ3n) is 4.02. The molecule has 1 radical (unpaired) electrons. The molecule has 0 spiro atoms. The minimum absolute atomic E-state index is 0. The molecule has 2 aromatic carbocycles. The molecule has 2 heterocycles. The summed E-state index contributed by atoms with van der Waals surface area (Å²) < 4.78 is 9.95. The number of hydrogen-bond donors (Lipinski definition) is 2. The first-order valence-corrected chi connectivity index (χ1v) is 9.74. The van der Waals surface area contributed by atoms with Gasteiger partial charge in [-0.1, -0.05) is 36.4 Å². The van der Waals surface area contributed by atoms with Gasteiger partial charge in [0.25, 0.3) is 0 Å². The fourth-order valence-corrected chi connectivity index (χ4v) is 2.42. The van der Waals surface area contributed by atoms with Crippen molar-refractivity contribution in [3.8, 4) is 11.5 Å². The van der Waals surface area contributed by atoms with Gasteiger partial charge in [-0.3, -0.25) is 0 Å². The number of aromatic hydroxyl groups is 2. The fraction of sp³-hybridized carbons (Fsp3) is 0. The average molecular weight is 560 g/mol. The molecule has 2 aromatic heterocycles. The van der Waals surface area contributed by atoms with Crippen LogP contribution in [0.1, 0.15) is 22.6 Å². The van der Waals surface area contributed by atoms with Gasteiger partial charge in [-0.2, -0.15) is 20.4 Å². The molecule has 0 saturated heterocycles. The molecule has 13 heteroatoms. The first-order chi connectivity index (χ1) is 16.5. The summed E-state index contributed by atoms with van der Waals surface area (Å²) in [6.07, 6.45) is 5.62. The Balaban J connectivity index is 0.000000648. The number of furan rings is 2. The maximum atomic E-state index is 11.5. The molecule has 37 heavy (non-hydrogen) atoms. The van der Waals surface area contributed by atoms with Crippen molar-refractivity contribution in [1.29, 1.82) is 0 Å². The zero-order valence-corrected chi connectivity index (χ0v) is 20.0. The summed E-state index contributed by atoms with van der Waals surface area (Å²) in [5.74, 6) is -0.446. The molecule has 0 bridgehead atoms. The number of hydrogen-bond acceptors (Lipinski definition) is 10. The smallest absolute Gasteiger partial charge is 0.857 e. The zero-order chi connectivity index (χ0) is 24.2. The molecule has 0 aliphatic rings. The number of phenols is 2. The van der Waals surface area contributed by atoms with Crippen molar-refractivity contribution in [2.24, 2.45) is 20.4 Å². The topological polar surface area (TPSA) is 228 Å². The van der Waals surface area contributed by atoms with E-state index in [1.54, 1.807) is 48.5 Å². The van der Waals surface area contributed by atoms with Crippen LogP contribution in [-0.4, -0.2) is 34.4 Å². The monoisotopic (exact) mass is 559 g/mol. The molecule has 4 rings (SSSR count). The number of benzene rings is 2. The van der Waals surface area contributed by atoms with Gasteiger partial charge in [0.2, 0.25) is 0 Å². The van der Waals surface area contributed by atoms with Crippen molar-refractivity contribution in [1.82, 2.24) is 0 Å². The van der Waals surface area contributed by atoms with E-state index in [0.29, 0.717) is 11.5 Å². The van der Waals surface area contributed by atoms with Crippen LogP contribution in [0.3, 0.4) is 0 Å². The Hall–Kier alpha value is -4.68. The molecule has 0 aliphatic heterocycles. The molecule has 0 saturated carbocycles. The fourth-order valence-electron chi connectivity index (χ4n) is 2.42. The van der Waals surface area contributed by atoms with E-state index < -0.39 is 11.8 Å². The first-order valence-electron chi connectivity index (χ1n) is 9.74. The summed E-state index contributed by atoms with van der Waals surface area (Å²) in [6, 6.07) is 19.1. The Labute approximate surface area is 221 Å². The van der Waals surface area contributed by atoms with Gasteiger partial charge >= 0.3 is 17.1 Å². The van der Waals surface area contributed by atoms with E-state index >= 15 is 0 Å². The van der Waals surface area contributed by atoms with Crippen LogP contribution < -0.4 is 10.2 Å². The number of para-hydroxylation sites is 2. The van der Waals surface area contributed by atoms with Gasteiger partial charge in [-0.15, -0.1) is 0 Å². The summed E-state index contributed by atoms with van der Waals surface area (Å²) in [5, 5.41) is 55.9. The molecule has 0 unspecified atom stereocenters. The predicted octanol–water partition coefficient (Wildman–Crippen LogP) is 0.406. The zero-order valence-electron chi connectivity index (χ0n) is 19.0. The van der Waals surface area contributed by atoms with Crippen molar-refractivity contribution in [3.63, 3.8) is 0 Å². The third-order valence-corrected chi connectivity index (χ3v) is 4.02. The first kappa shape index (κ1) is 32.3. The second-order valence-corrected chi connectivity index (χ2v) is 6.36. The summed E-state index contributed by atoms with van der Waals surface area (Å²) >= 11 is 0. The third kappa shape index (κ3) is 10.2. The Bertz CT molecular complexity index is 1200. The average Bonchev–Trinajstić information content (AvgIpc) is 3.55. The maximum absolute atomic E-state index is 11.5. The van der Waals surface area contributed by atoms with Crippen molar-refractivity contribution in [2.45, 2.75) is 0 Å². The quantitative estimate of drug-likeness (QED) is 0.111. The minimum atomic E-state index is -0.606. The van der Waals surface area contributed by atoms with E-state index in [1.165, 1.54) is 49.2 Å². The van der Waals surface area contributed by atoms with Gasteiger partial charge < -0.3 is 40.2 Å². The van der Waals surface area contributed by atoms with E-state index in [1.807, 2.05) is 0 Å². The summed E-state index contributed by atoms with van der Waals surface area (Å²) in [5.41, 5.74) is 0.230. The molecule has 0 amide bonds. The Kier molecular flexibility index (Phi) is 14.7. The van der Waals surface area contributed by atoms with E-state index in [9.17, 15) is 20.4 Å². The Morgan fingerprint density at radius 3 is 1.32 bits per heavy atom. The molecular formula is C24H24CuN4O8+2. The van der Waals surface area contributed by atoms with Crippen molar-refractivity contribution < 1.29 is 57.3 Å². The summed E-state index contributed by atoms with van der Waals surface area (Å²) in [6.45, 7) is 0. The predicted molar refractivity (Wildman–Crippen MR) is 132 cm³/mol. The second-order valence-electron chi connectivity index (χ2n) is 6.36. The van der Waals surface area contributed by atoms with Gasteiger partial charge in [-0.25, -0.2) is 0 Å². The standard InChI is InChI=1S/2C12H10N2O3.Cu.2H2O/c2*15-11-6-2-1-5-10(11)12(16)14-13-8-9-4-3-7-17-9;;;/h2*1-8,15H,(H,14,16);;2*1H2/q;;+2;;/b2*13-8-;;;. The molecular weight excluding hydrogens is 536 g/mol. The van der Waals surface area contributed by atoms with Gasteiger partial charge in [0.15, 0.2) is 0 Å².